The van der Waals surface area contributed by atoms with Crippen molar-refractivity contribution in [2.45, 2.75) is 13.3 Å². The lowest BCUT2D eigenvalue weighted by Crippen LogP contribution is -1.89. The molecule has 0 saturated carbocycles. The molecule has 1 rings (SSSR count). The first-order valence-electron chi connectivity index (χ1n) is 3.18. The van der Waals surface area contributed by atoms with Gasteiger partial charge in [0.25, 0.3) is 0 Å². The molecule has 0 aliphatic rings. The molecule has 0 aliphatic heterocycles. The van der Waals surface area contributed by atoms with E-state index in [0.717, 1.165) is 12.0 Å². The second-order valence-electron chi connectivity index (χ2n) is 2.07. The third-order valence-electron chi connectivity index (χ3n) is 1.41. The zero-order valence-electron chi connectivity index (χ0n) is 5.70. The number of aryl methyl sites for hydroxylation is 1. The molecule has 0 N–H and O–H groups in total. The van der Waals surface area contributed by atoms with Gasteiger partial charge in [0.1, 0.15) is 5.82 Å². The summed E-state index contributed by atoms with van der Waals surface area (Å²) in [7, 11) is 0. The Morgan fingerprint density at radius 1 is 1.50 bits per heavy atom. The van der Waals surface area contributed by atoms with Gasteiger partial charge in [-0.2, -0.15) is 0 Å². The fourth-order valence-electron chi connectivity index (χ4n) is 0.822. The lowest BCUT2D eigenvalue weighted by atomic mass is 10.2. The summed E-state index contributed by atoms with van der Waals surface area (Å²) >= 11 is 2.00. The van der Waals surface area contributed by atoms with Gasteiger partial charge in [-0.05, 0) is 40.6 Å². The van der Waals surface area contributed by atoms with E-state index in [0.29, 0.717) is 3.57 Å². The maximum atomic E-state index is 13.0. The smallest absolute Gasteiger partial charge is 0.139 e. The van der Waals surface area contributed by atoms with Gasteiger partial charge in [-0.15, -0.1) is 0 Å². The van der Waals surface area contributed by atoms with Crippen molar-refractivity contribution in [2.24, 2.45) is 0 Å². The average molecular weight is 250 g/mol. The first kappa shape index (κ1) is 7.98. The van der Waals surface area contributed by atoms with Crippen molar-refractivity contribution >= 4 is 22.6 Å². The zero-order chi connectivity index (χ0) is 7.56. The Kier molecular flexibility index (Phi) is 2.65. The third-order valence-corrected chi connectivity index (χ3v) is 2.25. The second kappa shape index (κ2) is 3.32. The van der Waals surface area contributed by atoms with Crippen LogP contribution in [-0.4, -0.2) is 0 Å². The molecule has 54 valence electrons. The number of hydrogen-bond donors (Lipinski definition) is 0. The molecule has 0 radical (unpaired) electrons. The Morgan fingerprint density at radius 3 is 2.70 bits per heavy atom. The summed E-state index contributed by atoms with van der Waals surface area (Å²) in [5.41, 5.74) is 0.798. The van der Waals surface area contributed by atoms with Crippen molar-refractivity contribution in [3.63, 3.8) is 0 Å². The van der Waals surface area contributed by atoms with E-state index in [1.807, 2.05) is 41.6 Å². The van der Waals surface area contributed by atoms with Gasteiger partial charge in [0.15, 0.2) is 0 Å². The van der Waals surface area contributed by atoms with Gasteiger partial charge in [-0.1, -0.05) is 19.1 Å². The van der Waals surface area contributed by atoms with Gasteiger partial charge in [-0.3, -0.25) is 0 Å². The largest absolute Gasteiger partial charge is 0.206 e. The Morgan fingerprint density at radius 2 is 2.20 bits per heavy atom. The number of benzene rings is 1. The molecule has 0 bridgehead atoms. The van der Waals surface area contributed by atoms with Gasteiger partial charge in [0.05, 0.1) is 0 Å². The molecular weight excluding hydrogens is 242 g/mol. The van der Waals surface area contributed by atoms with E-state index in [1.54, 1.807) is 6.07 Å². The fourth-order valence-corrected chi connectivity index (χ4v) is 1.38. The summed E-state index contributed by atoms with van der Waals surface area (Å²) in [4.78, 5) is 0. The quantitative estimate of drug-likeness (QED) is 0.672. The van der Waals surface area contributed by atoms with E-state index in [2.05, 4.69) is 0 Å². The molecule has 0 aliphatic carbocycles. The Labute approximate surface area is 73.6 Å². The topological polar surface area (TPSA) is 0 Å². The fraction of sp³-hybridized carbons (Fsp3) is 0.250. The first-order valence-corrected chi connectivity index (χ1v) is 4.26. The predicted octanol–water partition coefficient (Wildman–Crippen LogP) is 2.99. The summed E-state index contributed by atoms with van der Waals surface area (Å²) in [5, 5.41) is 0. The maximum absolute atomic E-state index is 13.0. The molecule has 0 fully saturated rings. The normalized spacial score (nSPS) is 9.90. The van der Waals surface area contributed by atoms with Gasteiger partial charge in [0, 0.05) is 3.57 Å². The maximum Gasteiger partial charge on any atom is 0.139 e. The molecule has 1 aromatic rings. The van der Waals surface area contributed by atoms with Gasteiger partial charge in [0.2, 0.25) is 0 Å². The van der Waals surface area contributed by atoms with Crippen LogP contribution in [0, 0.1) is 9.39 Å². The number of rotatable bonds is 1. The summed E-state index contributed by atoms with van der Waals surface area (Å²) in [5.74, 6) is -0.0643. The van der Waals surface area contributed by atoms with Crippen molar-refractivity contribution in [3.8, 4) is 0 Å². The van der Waals surface area contributed by atoms with Crippen molar-refractivity contribution < 1.29 is 4.39 Å². The molecule has 0 nitrogen and oxygen atoms in total. The van der Waals surface area contributed by atoms with Crippen LogP contribution < -0.4 is 0 Å². The van der Waals surface area contributed by atoms with Crippen LogP contribution in [0.1, 0.15) is 12.5 Å². The van der Waals surface area contributed by atoms with Gasteiger partial charge < -0.3 is 0 Å². The predicted molar refractivity (Wildman–Crippen MR) is 48.5 cm³/mol. The van der Waals surface area contributed by atoms with Crippen molar-refractivity contribution in [2.75, 3.05) is 0 Å². The highest BCUT2D eigenvalue weighted by Gasteiger charge is 2.01. The Bertz CT molecular complexity index is 233. The highest BCUT2D eigenvalue weighted by Crippen LogP contribution is 2.14. The first-order chi connectivity index (χ1) is 4.75. The van der Waals surface area contributed by atoms with Crippen LogP contribution in [0.4, 0.5) is 4.39 Å². The molecule has 0 heterocycles. The van der Waals surface area contributed by atoms with E-state index in [1.165, 1.54) is 0 Å². The van der Waals surface area contributed by atoms with Crippen LogP contribution in [0.25, 0.3) is 0 Å². The lowest BCUT2D eigenvalue weighted by molar-refractivity contribution is 0.605. The molecule has 0 aromatic heterocycles. The molecule has 1 aromatic carbocycles. The minimum atomic E-state index is -0.0643. The number of halogens is 2. The molecule has 2 heteroatoms. The van der Waals surface area contributed by atoms with Gasteiger partial charge in [-0.25, -0.2) is 4.39 Å². The Balaban J connectivity index is 3.14. The average Bonchev–Trinajstić information content (AvgIpc) is 1.95. The molecule has 0 amide bonds. The van der Waals surface area contributed by atoms with Crippen molar-refractivity contribution in [1.29, 1.82) is 0 Å². The molecule has 0 saturated heterocycles. The number of hydrogen-bond acceptors (Lipinski definition) is 0. The van der Waals surface area contributed by atoms with Crippen molar-refractivity contribution in [3.05, 3.63) is 33.1 Å². The van der Waals surface area contributed by atoms with Crippen LogP contribution in [0.3, 0.4) is 0 Å². The van der Waals surface area contributed by atoms with Crippen LogP contribution in [0.2, 0.25) is 0 Å². The lowest BCUT2D eigenvalue weighted by Gasteiger charge is -1.99. The van der Waals surface area contributed by atoms with E-state index in [9.17, 15) is 4.39 Å². The SMILES string of the molecule is CCc1cccc(I)c1F. The van der Waals surface area contributed by atoms with Crippen LogP contribution in [-0.2, 0) is 6.42 Å². The summed E-state index contributed by atoms with van der Waals surface area (Å²) in [6.45, 7) is 1.95. The molecule has 0 spiro atoms. The molecule has 0 unspecified atom stereocenters. The van der Waals surface area contributed by atoms with Gasteiger partial charge >= 0.3 is 0 Å². The third kappa shape index (κ3) is 1.48. The van der Waals surface area contributed by atoms with Crippen molar-refractivity contribution in [1.82, 2.24) is 0 Å². The highest BCUT2D eigenvalue weighted by atomic mass is 127. The standard InChI is InChI=1S/C8H8FI/c1-2-6-4-3-5-7(10)8(6)9/h3-5H,2H2,1H3. The van der Waals surface area contributed by atoms with E-state index in [4.69, 9.17) is 0 Å². The van der Waals surface area contributed by atoms with Crippen LogP contribution in [0.5, 0.6) is 0 Å². The van der Waals surface area contributed by atoms with Crippen LogP contribution >= 0.6 is 22.6 Å². The highest BCUT2D eigenvalue weighted by molar-refractivity contribution is 14.1. The molecule has 0 atom stereocenters. The summed E-state index contributed by atoms with van der Waals surface area (Å²) in [6.07, 6.45) is 0.767. The summed E-state index contributed by atoms with van der Waals surface area (Å²) in [6, 6.07) is 5.47. The molecule has 10 heavy (non-hydrogen) atoms. The minimum Gasteiger partial charge on any atom is -0.206 e. The summed E-state index contributed by atoms with van der Waals surface area (Å²) < 4.78 is 13.7. The Hall–Kier alpha value is -0.120. The zero-order valence-corrected chi connectivity index (χ0v) is 7.85. The molecular formula is C8H8FI. The van der Waals surface area contributed by atoms with E-state index < -0.39 is 0 Å². The van der Waals surface area contributed by atoms with E-state index >= 15 is 0 Å². The monoisotopic (exact) mass is 250 g/mol. The van der Waals surface area contributed by atoms with Crippen LogP contribution in [0.15, 0.2) is 18.2 Å². The van der Waals surface area contributed by atoms with E-state index in [-0.39, 0.29) is 5.82 Å². The minimum absolute atomic E-state index is 0.0643. The second-order valence-corrected chi connectivity index (χ2v) is 3.23.